The Morgan fingerprint density at radius 1 is 0.613 bits per heavy atom. The van der Waals surface area contributed by atoms with E-state index in [1.165, 1.54) is 35.6 Å². The van der Waals surface area contributed by atoms with Gasteiger partial charge in [0.2, 0.25) is 5.13 Å². The van der Waals surface area contributed by atoms with Crippen LogP contribution < -0.4 is 29.1 Å². The maximum absolute atomic E-state index is 13.7. The molecule has 6 aromatic rings. The molecule has 1 aromatic heterocycles. The van der Waals surface area contributed by atoms with Crippen LogP contribution in [0.1, 0.15) is 105 Å². The van der Waals surface area contributed by atoms with Crippen molar-refractivity contribution in [2.75, 3.05) is 12.0 Å². The van der Waals surface area contributed by atoms with Crippen LogP contribution in [0.15, 0.2) is 114 Å². The fraction of sp³-hybridized carbons (Fsp3) is 0.286. The van der Waals surface area contributed by atoms with Crippen LogP contribution in [0, 0.1) is 0 Å². The summed E-state index contributed by atoms with van der Waals surface area (Å²) in [7, 11) is 0. The van der Waals surface area contributed by atoms with E-state index in [9.17, 15) is 14.4 Å². The summed E-state index contributed by atoms with van der Waals surface area (Å²) in [6.45, 7) is 17.4. The molecule has 0 radical (unpaired) electrons. The number of benzene rings is 5. The van der Waals surface area contributed by atoms with E-state index in [1.807, 2.05) is 92.6 Å². The third-order valence-corrected chi connectivity index (χ3v) is 9.33. The fourth-order valence-corrected chi connectivity index (χ4v) is 6.64. The van der Waals surface area contributed by atoms with Gasteiger partial charge in [-0.15, -0.1) is 0 Å². The number of esters is 3. The van der Waals surface area contributed by atoms with Crippen molar-refractivity contribution in [2.24, 2.45) is 5.10 Å². The third-order valence-electron chi connectivity index (χ3n) is 8.38. The first-order chi connectivity index (χ1) is 29.3. The summed E-state index contributed by atoms with van der Waals surface area (Å²) >= 11 is 1.46. The Hall–Kier alpha value is -6.73. The predicted molar refractivity (Wildman–Crippen MR) is 242 cm³/mol. The number of rotatable bonds is 14. The number of nitrogens with one attached hydrogen (secondary N) is 1. The Morgan fingerprint density at radius 2 is 1.19 bits per heavy atom. The molecular weight excluding hydrogens is 807 g/mol. The van der Waals surface area contributed by atoms with Gasteiger partial charge in [0.25, 0.3) is 0 Å². The van der Waals surface area contributed by atoms with Gasteiger partial charge in [-0.1, -0.05) is 29.5 Å². The number of hydrogen-bond donors (Lipinski definition) is 1. The van der Waals surface area contributed by atoms with E-state index < -0.39 is 29.1 Å². The Kier molecular flexibility index (Phi) is 13.7. The van der Waals surface area contributed by atoms with Crippen LogP contribution in [-0.4, -0.2) is 52.5 Å². The molecule has 0 amide bonds. The van der Waals surface area contributed by atoms with E-state index in [2.05, 4.69) is 15.5 Å². The van der Waals surface area contributed by atoms with E-state index in [-0.39, 0.29) is 29.3 Å². The highest BCUT2D eigenvalue weighted by Crippen LogP contribution is 2.35. The molecule has 322 valence electrons. The molecule has 0 bridgehead atoms. The zero-order valence-corrected chi connectivity index (χ0v) is 37.2. The summed E-state index contributed by atoms with van der Waals surface area (Å²) in [5, 5.41) is 5.01. The number of nitrogens with zero attached hydrogens (tertiary/aromatic N) is 2. The molecular formula is C49H51N3O9S. The number of anilines is 1. The van der Waals surface area contributed by atoms with E-state index in [0.29, 0.717) is 45.5 Å². The van der Waals surface area contributed by atoms with Gasteiger partial charge in [0.15, 0.2) is 11.5 Å². The minimum Gasteiger partial charge on any atom is -0.488 e. The lowest BCUT2D eigenvalue weighted by Gasteiger charge is -2.27. The van der Waals surface area contributed by atoms with Crippen molar-refractivity contribution in [2.45, 2.75) is 85.5 Å². The maximum Gasteiger partial charge on any atom is 0.343 e. The van der Waals surface area contributed by atoms with Crippen LogP contribution in [0.25, 0.3) is 10.2 Å². The highest BCUT2D eigenvalue weighted by atomic mass is 32.1. The van der Waals surface area contributed by atoms with Crippen molar-refractivity contribution in [3.05, 3.63) is 137 Å². The third kappa shape index (κ3) is 13.1. The van der Waals surface area contributed by atoms with E-state index in [0.717, 1.165) is 15.8 Å². The molecule has 0 fully saturated rings. The molecule has 0 aliphatic rings. The number of hydrogen-bond acceptors (Lipinski definition) is 13. The SMILES string of the molecule is CC(C)(C)Oc1ccc(C(=O)Oc2ccc(C(=O)OCCc3ccc(OC(=O)c4ccc(OC(C)(C)C)c(OC(C)(C)C)c4)c(/C=N/Nc4nc5ccccc5s4)c3)cc2)cc1. The average Bonchev–Trinajstić information content (AvgIpc) is 3.61. The van der Waals surface area contributed by atoms with Crippen molar-refractivity contribution >= 4 is 50.8 Å². The lowest BCUT2D eigenvalue weighted by atomic mass is 10.1. The molecule has 0 unspecified atom stereocenters. The zero-order chi connectivity index (χ0) is 44.7. The highest BCUT2D eigenvalue weighted by Gasteiger charge is 2.23. The van der Waals surface area contributed by atoms with Crippen LogP contribution in [0.2, 0.25) is 0 Å². The molecule has 1 heterocycles. The summed E-state index contributed by atoms with van der Waals surface area (Å²) < 4.78 is 36.2. The molecule has 62 heavy (non-hydrogen) atoms. The van der Waals surface area contributed by atoms with Gasteiger partial charge in [-0.2, -0.15) is 5.10 Å². The Balaban J connectivity index is 1.12. The number of para-hydroxylation sites is 1. The number of fused-ring (bicyclic) bond motifs is 1. The quantitative estimate of drug-likeness (QED) is 0.0484. The van der Waals surface area contributed by atoms with E-state index in [4.69, 9.17) is 28.4 Å². The second kappa shape index (κ2) is 18.9. The van der Waals surface area contributed by atoms with Crippen LogP contribution in [0.4, 0.5) is 5.13 Å². The number of carbonyl (C=O) groups is 3. The van der Waals surface area contributed by atoms with Crippen molar-refractivity contribution < 1.29 is 42.8 Å². The van der Waals surface area contributed by atoms with E-state index >= 15 is 0 Å². The van der Waals surface area contributed by atoms with Gasteiger partial charge in [-0.3, -0.25) is 5.43 Å². The van der Waals surface area contributed by atoms with Gasteiger partial charge in [0.05, 0.1) is 39.7 Å². The largest absolute Gasteiger partial charge is 0.488 e. The van der Waals surface area contributed by atoms with Crippen molar-refractivity contribution in [3.8, 4) is 28.7 Å². The van der Waals surface area contributed by atoms with Gasteiger partial charge >= 0.3 is 17.9 Å². The molecule has 5 aromatic carbocycles. The lowest BCUT2D eigenvalue weighted by Crippen LogP contribution is -2.26. The van der Waals surface area contributed by atoms with Crippen LogP contribution in [-0.2, 0) is 11.2 Å². The second-order valence-electron chi connectivity index (χ2n) is 17.2. The van der Waals surface area contributed by atoms with Crippen molar-refractivity contribution in [1.29, 1.82) is 0 Å². The standard InChI is InChI=1S/C49H51N3O9S/c1-47(2,3)59-37-22-17-33(18-23-37)44(54)57-36-20-15-32(16-21-36)43(53)56-27-26-31-14-24-39(35(28-31)30-50-52-46-51-38-12-10-11-13-42(38)62-46)58-45(55)34-19-25-40(60-48(4,5)6)41(29-34)61-49(7,8)9/h10-25,28-30H,26-27H2,1-9H3,(H,51,52)/b50-30+. The first-order valence-electron chi connectivity index (χ1n) is 20.1. The Morgan fingerprint density at radius 3 is 1.85 bits per heavy atom. The summed E-state index contributed by atoms with van der Waals surface area (Å²) in [4.78, 5) is 43.9. The zero-order valence-electron chi connectivity index (χ0n) is 36.4. The molecule has 6 rings (SSSR count). The second-order valence-corrected chi connectivity index (χ2v) is 18.3. The van der Waals surface area contributed by atoms with Crippen LogP contribution in [0.3, 0.4) is 0 Å². The highest BCUT2D eigenvalue weighted by molar-refractivity contribution is 7.22. The minimum absolute atomic E-state index is 0.0592. The number of ether oxygens (including phenoxy) is 6. The smallest absolute Gasteiger partial charge is 0.343 e. The molecule has 12 nitrogen and oxygen atoms in total. The van der Waals surface area contributed by atoms with Gasteiger partial charge in [-0.05, 0) is 159 Å². The normalized spacial score (nSPS) is 11.9. The Bertz CT molecular complexity index is 2530. The first-order valence-corrected chi connectivity index (χ1v) is 20.9. The van der Waals surface area contributed by atoms with Crippen LogP contribution in [0.5, 0.6) is 28.7 Å². The van der Waals surface area contributed by atoms with Crippen molar-refractivity contribution in [1.82, 2.24) is 4.98 Å². The fourth-order valence-electron chi connectivity index (χ4n) is 5.82. The van der Waals surface area contributed by atoms with E-state index in [1.54, 1.807) is 60.8 Å². The number of carbonyl (C=O) groups excluding carboxylic acids is 3. The number of hydrazone groups is 1. The first kappa shape index (κ1) is 44.8. The Labute approximate surface area is 365 Å². The van der Waals surface area contributed by atoms with Gasteiger partial charge < -0.3 is 28.4 Å². The van der Waals surface area contributed by atoms with Crippen LogP contribution >= 0.6 is 11.3 Å². The summed E-state index contributed by atoms with van der Waals surface area (Å²) in [6.07, 6.45) is 1.90. The maximum atomic E-state index is 13.7. The molecule has 0 atom stereocenters. The summed E-state index contributed by atoms with van der Waals surface area (Å²) in [5.74, 6) is 0.403. The summed E-state index contributed by atoms with van der Waals surface area (Å²) in [6, 6.07) is 30.8. The molecule has 1 N–H and O–H groups in total. The van der Waals surface area contributed by atoms with Gasteiger partial charge in [-0.25, -0.2) is 19.4 Å². The summed E-state index contributed by atoms with van der Waals surface area (Å²) in [5.41, 5.74) is 4.62. The molecule has 0 saturated carbocycles. The molecule has 13 heteroatoms. The minimum atomic E-state index is -0.609. The predicted octanol–water partition coefficient (Wildman–Crippen LogP) is 11.1. The molecule has 0 aliphatic carbocycles. The number of aromatic nitrogens is 1. The lowest BCUT2D eigenvalue weighted by molar-refractivity contribution is 0.0508. The monoisotopic (exact) mass is 857 g/mol. The van der Waals surface area contributed by atoms with Gasteiger partial charge in [0, 0.05) is 12.0 Å². The molecule has 0 spiro atoms. The topological polar surface area (TPSA) is 144 Å². The molecule has 0 saturated heterocycles. The number of thiazole rings is 1. The van der Waals surface area contributed by atoms with Gasteiger partial charge in [0.1, 0.15) is 34.1 Å². The van der Waals surface area contributed by atoms with Crippen molar-refractivity contribution in [3.63, 3.8) is 0 Å². The molecule has 0 aliphatic heterocycles. The average molecular weight is 858 g/mol.